The number of likely N-dealkylation sites (tertiary alicyclic amines) is 1. The average molecular weight is 600 g/mol. The lowest BCUT2D eigenvalue weighted by molar-refractivity contribution is -0.139. The fourth-order valence-corrected chi connectivity index (χ4v) is 6.12. The van der Waals surface area contributed by atoms with Crippen LogP contribution in [0.1, 0.15) is 36.0 Å². The van der Waals surface area contributed by atoms with E-state index >= 15 is 0 Å². The number of fused-ring (bicyclic) bond motifs is 2. The third-order valence-corrected chi connectivity index (χ3v) is 7.74. The Morgan fingerprint density at radius 3 is 2.51 bits per heavy atom. The zero-order valence-corrected chi connectivity index (χ0v) is 24.2. The molecule has 3 fully saturated rings. The van der Waals surface area contributed by atoms with Crippen molar-refractivity contribution < 1.29 is 19.1 Å². The summed E-state index contributed by atoms with van der Waals surface area (Å²) in [6, 6.07) is 3.56. The molecule has 2 aliphatic heterocycles. The van der Waals surface area contributed by atoms with Gasteiger partial charge >= 0.3 is 4.87 Å². The van der Waals surface area contributed by atoms with Gasteiger partial charge in [-0.15, -0.1) is 11.6 Å². The van der Waals surface area contributed by atoms with Gasteiger partial charge in [0.2, 0.25) is 5.91 Å². The number of H-pyrrole nitrogens is 1. The maximum absolute atomic E-state index is 13.5. The standard InChI is InChI=1S/C21H22ClN3O5S.4H2S/c22-12-8-25(17-14(26)9-30-18(12)17)20(28)16(10-3-1-2-4-10)24-19(27)11-5-6-13-15(7-11)31-21(29)23-13;;;;/h5-7,10,12,16-18H,1-4,8-9H2,(H,23,29)(H,24,27);4*1H2/t12-,16-,17+,18+;;;;/m0..../s1. The number of ketones is 1. The topological polar surface area (TPSA) is 109 Å². The van der Waals surface area contributed by atoms with Crippen LogP contribution in [0.4, 0.5) is 0 Å². The zero-order valence-electron chi connectivity index (χ0n) is 18.6. The van der Waals surface area contributed by atoms with E-state index in [2.05, 4.69) is 10.3 Å². The molecule has 1 aromatic carbocycles. The van der Waals surface area contributed by atoms with Crippen LogP contribution in [-0.2, 0) is 14.3 Å². The number of alkyl halides is 1. The molecule has 14 heteroatoms. The second kappa shape index (κ2) is 13.1. The third-order valence-electron chi connectivity index (χ3n) is 6.51. The number of amides is 2. The molecule has 2 aromatic rings. The Morgan fingerprint density at radius 1 is 1.14 bits per heavy atom. The molecule has 1 aliphatic carbocycles. The predicted octanol–water partition coefficient (Wildman–Crippen LogP) is 2.12. The van der Waals surface area contributed by atoms with Crippen LogP contribution in [0.25, 0.3) is 10.2 Å². The number of nitrogens with zero attached hydrogens (tertiary/aromatic N) is 1. The molecule has 0 bridgehead atoms. The highest BCUT2D eigenvalue weighted by Gasteiger charge is 2.53. The van der Waals surface area contributed by atoms with Crippen molar-refractivity contribution in [3.05, 3.63) is 33.4 Å². The molecule has 2 saturated heterocycles. The van der Waals surface area contributed by atoms with Gasteiger partial charge in [-0.05, 0) is 37.0 Å². The number of Topliss-reactive ketones (excluding diaryl/α,β-unsaturated/α-hetero) is 1. The molecule has 0 unspecified atom stereocenters. The van der Waals surface area contributed by atoms with Crippen molar-refractivity contribution in [1.29, 1.82) is 0 Å². The molecular weight excluding hydrogens is 570 g/mol. The van der Waals surface area contributed by atoms with Gasteiger partial charge in [-0.1, -0.05) is 24.2 Å². The van der Waals surface area contributed by atoms with Gasteiger partial charge in [0.1, 0.15) is 24.8 Å². The smallest absolute Gasteiger partial charge is 0.305 e. The average Bonchev–Trinajstić information content (AvgIpc) is 3.51. The van der Waals surface area contributed by atoms with Gasteiger partial charge in [0.15, 0.2) is 5.78 Å². The van der Waals surface area contributed by atoms with Crippen LogP contribution < -0.4 is 10.2 Å². The lowest BCUT2D eigenvalue weighted by Crippen LogP contribution is -2.54. The van der Waals surface area contributed by atoms with Crippen LogP contribution in [0, 0.1) is 5.92 Å². The first kappa shape index (κ1) is 32.2. The fraction of sp³-hybridized carbons (Fsp3) is 0.524. The van der Waals surface area contributed by atoms with Gasteiger partial charge < -0.3 is 19.9 Å². The first-order valence-corrected chi connectivity index (χ1v) is 11.7. The second-order valence-electron chi connectivity index (χ2n) is 8.41. The largest absolute Gasteiger partial charge is 0.366 e. The molecule has 3 aliphatic rings. The summed E-state index contributed by atoms with van der Waals surface area (Å²) in [6.07, 6.45) is 3.19. The van der Waals surface area contributed by atoms with Crippen LogP contribution in [0.2, 0.25) is 0 Å². The second-order valence-corrected chi connectivity index (χ2v) is 9.99. The molecule has 4 atom stereocenters. The maximum atomic E-state index is 13.5. The van der Waals surface area contributed by atoms with E-state index in [1.54, 1.807) is 18.2 Å². The summed E-state index contributed by atoms with van der Waals surface area (Å²) in [4.78, 5) is 54.5. The number of benzene rings is 1. The molecular formula is C21H30ClN3O5S5. The van der Waals surface area contributed by atoms with Crippen LogP contribution >= 0.6 is 76.9 Å². The van der Waals surface area contributed by atoms with E-state index in [4.69, 9.17) is 16.3 Å². The van der Waals surface area contributed by atoms with Gasteiger partial charge in [0.05, 0.1) is 15.6 Å². The highest BCUT2D eigenvalue weighted by atomic mass is 35.5. The Labute approximate surface area is 239 Å². The number of thiazole rings is 1. The van der Waals surface area contributed by atoms with E-state index in [9.17, 15) is 19.2 Å². The van der Waals surface area contributed by atoms with Gasteiger partial charge in [-0.2, -0.15) is 54.0 Å². The predicted molar refractivity (Wildman–Crippen MR) is 157 cm³/mol. The van der Waals surface area contributed by atoms with Crippen LogP contribution in [-0.4, -0.2) is 64.2 Å². The molecule has 3 heterocycles. The highest BCUT2D eigenvalue weighted by molar-refractivity contribution is 7.59. The molecule has 196 valence electrons. The molecule has 1 aromatic heterocycles. The fourth-order valence-electron chi connectivity index (χ4n) is 4.99. The summed E-state index contributed by atoms with van der Waals surface area (Å²) in [6.45, 7) is 0.187. The number of rotatable bonds is 4. The Kier molecular flexibility index (Phi) is 12.1. The Morgan fingerprint density at radius 2 is 1.83 bits per heavy atom. The van der Waals surface area contributed by atoms with Gasteiger partial charge in [0, 0.05) is 12.1 Å². The Bertz CT molecular complexity index is 1120. The van der Waals surface area contributed by atoms with E-state index < -0.39 is 23.6 Å². The number of hydrogen-bond donors (Lipinski definition) is 2. The van der Waals surface area contributed by atoms with E-state index in [-0.39, 0.29) is 95.5 Å². The van der Waals surface area contributed by atoms with Gasteiger partial charge in [-0.3, -0.25) is 19.2 Å². The lowest BCUT2D eigenvalue weighted by atomic mass is 9.95. The minimum absolute atomic E-state index is 0. The Hall–Kier alpha value is -0.830. The number of halogens is 1. The number of ether oxygens (including phenoxy) is 1. The zero-order chi connectivity index (χ0) is 21.7. The molecule has 0 radical (unpaired) electrons. The molecule has 2 amide bonds. The van der Waals surface area contributed by atoms with Crippen molar-refractivity contribution in [3.8, 4) is 0 Å². The summed E-state index contributed by atoms with van der Waals surface area (Å²) in [5.41, 5.74) is 1.05. The van der Waals surface area contributed by atoms with Crippen molar-refractivity contribution >= 4 is 105 Å². The van der Waals surface area contributed by atoms with Crippen LogP contribution in [0.15, 0.2) is 23.0 Å². The minimum atomic E-state index is -0.730. The monoisotopic (exact) mass is 599 g/mol. The maximum Gasteiger partial charge on any atom is 0.305 e. The Balaban J connectivity index is 0.00000153. The van der Waals surface area contributed by atoms with E-state index in [0.717, 1.165) is 37.0 Å². The molecule has 1 saturated carbocycles. The van der Waals surface area contributed by atoms with Gasteiger partial charge in [-0.25, -0.2) is 0 Å². The highest BCUT2D eigenvalue weighted by Crippen LogP contribution is 2.34. The number of carbonyl (C=O) groups is 3. The summed E-state index contributed by atoms with van der Waals surface area (Å²) in [7, 11) is 0. The molecule has 2 N–H and O–H groups in total. The molecule has 5 rings (SSSR count). The summed E-state index contributed by atoms with van der Waals surface area (Å²) in [5.74, 6) is -0.788. The van der Waals surface area contributed by atoms with Crippen LogP contribution in [0.3, 0.4) is 0 Å². The molecule has 8 nitrogen and oxygen atoms in total. The van der Waals surface area contributed by atoms with Crippen molar-refractivity contribution in [2.45, 2.75) is 49.2 Å². The minimum Gasteiger partial charge on any atom is -0.366 e. The van der Waals surface area contributed by atoms with Crippen molar-refractivity contribution in [2.24, 2.45) is 5.92 Å². The van der Waals surface area contributed by atoms with Gasteiger partial charge in [0.25, 0.3) is 5.91 Å². The number of aromatic amines is 1. The number of nitrogens with one attached hydrogen (secondary N) is 2. The summed E-state index contributed by atoms with van der Waals surface area (Å²) < 4.78 is 6.17. The van der Waals surface area contributed by atoms with Crippen molar-refractivity contribution in [3.63, 3.8) is 0 Å². The number of hydrogen-bond acceptors (Lipinski definition) is 6. The lowest BCUT2D eigenvalue weighted by Gasteiger charge is -2.30. The van der Waals surface area contributed by atoms with Crippen molar-refractivity contribution in [2.75, 3.05) is 13.2 Å². The van der Waals surface area contributed by atoms with Crippen molar-refractivity contribution in [1.82, 2.24) is 15.2 Å². The SMILES string of the molecule is O=C(N[C@H](C(=O)N1C[C@H](Cl)[C@H]2OCC(=O)[C@H]21)C1CCCC1)c1ccc2[nH]c(=O)sc2c1.S.S.S.S. The summed E-state index contributed by atoms with van der Waals surface area (Å²) >= 11 is 7.39. The normalized spacial score (nSPS) is 24.0. The number of aromatic nitrogens is 1. The third kappa shape index (κ3) is 6.19. The first-order valence-electron chi connectivity index (χ1n) is 10.4. The first-order chi connectivity index (χ1) is 14.9. The van der Waals surface area contributed by atoms with E-state index in [1.807, 2.05) is 0 Å². The number of carbonyl (C=O) groups excluding carboxylic acids is 3. The quantitative estimate of drug-likeness (QED) is 0.524. The van der Waals surface area contributed by atoms with Crippen LogP contribution in [0.5, 0.6) is 0 Å². The van der Waals surface area contributed by atoms with E-state index in [1.165, 1.54) is 4.90 Å². The molecule has 35 heavy (non-hydrogen) atoms. The molecule has 0 spiro atoms. The summed E-state index contributed by atoms with van der Waals surface area (Å²) in [5, 5.41) is 2.48. The van der Waals surface area contributed by atoms with E-state index in [0.29, 0.717) is 15.8 Å².